The summed E-state index contributed by atoms with van der Waals surface area (Å²) in [5.74, 6) is -0.149. The van der Waals surface area contributed by atoms with E-state index in [0.717, 1.165) is 10.2 Å². The molecule has 0 saturated carbocycles. The fourth-order valence-corrected chi connectivity index (χ4v) is 3.10. The largest absolute Gasteiger partial charge is 0.376 e. The minimum Gasteiger partial charge on any atom is -0.376 e. The van der Waals surface area contributed by atoms with Crippen LogP contribution in [0.5, 0.6) is 0 Å². The molecule has 0 spiro atoms. The summed E-state index contributed by atoms with van der Waals surface area (Å²) in [5, 5.41) is 3.46. The number of carbonyl (C=O) groups excluding carboxylic acids is 1. The SMILES string of the molecule is CCO[C@H]1COC[C@@H]1NC(=O)c1ccc2sc(N)nc2c1. The fourth-order valence-electron chi connectivity index (χ4n) is 2.39. The smallest absolute Gasteiger partial charge is 0.251 e. The van der Waals surface area contributed by atoms with Crippen molar-refractivity contribution in [2.75, 3.05) is 25.6 Å². The number of nitrogens with one attached hydrogen (secondary N) is 1. The molecule has 2 aromatic rings. The molecule has 112 valence electrons. The average Bonchev–Trinajstić information content (AvgIpc) is 3.04. The molecule has 3 N–H and O–H groups in total. The molecule has 0 aliphatic carbocycles. The summed E-state index contributed by atoms with van der Waals surface area (Å²) in [6.45, 7) is 3.52. The number of benzene rings is 1. The molecule has 1 aliphatic heterocycles. The standard InChI is InChI=1S/C14H17N3O3S/c1-2-20-11-7-19-6-10(11)16-13(18)8-3-4-12-9(5-8)17-14(15)21-12/h3-5,10-11H,2,6-7H2,1H3,(H2,15,17)(H,16,18)/t10-,11-/m0/s1. The number of rotatable bonds is 4. The number of fused-ring (bicyclic) bond motifs is 1. The molecule has 1 amide bonds. The van der Waals surface area contributed by atoms with Gasteiger partial charge in [-0.25, -0.2) is 4.98 Å². The predicted octanol–water partition coefficient (Wildman–Crippen LogP) is 1.41. The summed E-state index contributed by atoms with van der Waals surface area (Å²) < 4.78 is 11.9. The van der Waals surface area contributed by atoms with Crippen LogP contribution in [0.15, 0.2) is 18.2 Å². The first kappa shape index (κ1) is 14.2. The molecule has 1 fully saturated rings. The van der Waals surface area contributed by atoms with Gasteiger partial charge in [-0.3, -0.25) is 4.79 Å². The van der Waals surface area contributed by atoms with Crippen LogP contribution < -0.4 is 11.1 Å². The first-order valence-corrected chi connectivity index (χ1v) is 7.65. The molecule has 7 heteroatoms. The highest BCUT2D eigenvalue weighted by Crippen LogP contribution is 2.24. The van der Waals surface area contributed by atoms with Gasteiger partial charge < -0.3 is 20.5 Å². The van der Waals surface area contributed by atoms with Crippen LogP contribution in [0.4, 0.5) is 5.13 Å². The molecule has 0 unspecified atom stereocenters. The molecule has 2 atom stereocenters. The summed E-state index contributed by atoms with van der Waals surface area (Å²) in [4.78, 5) is 16.5. The summed E-state index contributed by atoms with van der Waals surface area (Å²) >= 11 is 1.41. The van der Waals surface area contributed by atoms with Crippen LogP contribution in [-0.2, 0) is 9.47 Å². The molecular formula is C14H17N3O3S. The highest BCUT2D eigenvalue weighted by atomic mass is 32.1. The highest BCUT2D eigenvalue weighted by molar-refractivity contribution is 7.22. The van der Waals surface area contributed by atoms with Gasteiger partial charge in [0.2, 0.25) is 0 Å². The third kappa shape index (κ3) is 2.99. The Morgan fingerprint density at radius 1 is 1.57 bits per heavy atom. The van der Waals surface area contributed by atoms with Gasteiger partial charge in [0.05, 0.1) is 29.5 Å². The van der Waals surface area contributed by atoms with Gasteiger partial charge in [0.25, 0.3) is 5.91 Å². The Hall–Kier alpha value is -1.70. The van der Waals surface area contributed by atoms with Crippen LogP contribution in [0.3, 0.4) is 0 Å². The lowest BCUT2D eigenvalue weighted by molar-refractivity contribution is 0.0402. The van der Waals surface area contributed by atoms with Crippen molar-refractivity contribution in [2.45, 2.75) is 19.1 Å². The predicted molar refractivity (Wildman–Crippen MR) is 81.5 cm³/mol. The van der Waals surface area contributed by atoms with Gasteiger partial charge in [-0.1, -0.05) is 11.3 Å². The lowest BCUT2D eigenvalue weighted by atomic mass is 10.1. The highest BCUT2D eigenvalue weighted by Gasteiger charge is 2.30. The molecule has 1 aliphatic rings. The van der Waals surface area contributed by atoms with E-state index in [1.54, 1.807) is 12.1 Å². The van der Waals surface area contributed by atoms with Gasteiger partial charge >= 0.3 is 0 Å². The summed E-state index contributed by atoms with van der Waals surface area (Å²) in [7, 11) is 0. The number of nitrogen functional groups attached to an aromatic ring is 1. The quantitative estimate of drug-likeness (QED) is 0.892. The fraction of sp³-hybridized carbons (Fsp3) is 0.429. The number of nitrogens with two attached hydrogens (primary N) is 1. The zero-order valence-corrected chi connectivity index (χ0v) is 12.5. The maximum Gasteiger partial charge on any atom is 0.251 e. The zero-order valence-electron chi connectivity index (χ0n) is 11.7. The Kier molecular flexibility index (Phi) is 4.05. The second-order valence-corrected chi connectivity index (χ2v) is 5.91. The Bertz CT molecular complexity index is 658. The van der Waals surface area contributed by atoms with Crippen molar-refractivity contribution in [3.8, 4) is 0 Å². The third-order valence-electron chi connectivity index (χ3n) is 3.39. The Morgan fingerprint density at radius 2 is 2.43 bits per heavy atom. The second-order valence-electron chi connectivity index (χ2n) is 4.85. The molecule has 1 aromatic carbocycles. The van der Waals surface area contributed by atoms with Gasteiger partial charge in [0.1, 0.15) is 6.10 Å². The minimum atomic E-state index is -0.149. The van der Waals surface area contributed by atoms with E-state index in [0.29, 0.717) is 30.5 Å². The molecule has 21 heavy (non-hydrogen) atoms. The summed E-state index contributed by atoms with van der Waals surface area (Å²) in [6.07, 6.45) is -0.0856. The van der Waals surface area contributed by atoms with Crippen LogP contribution in [0.1, 0.15) is 17.3 Å². The van der Waals surface area contributed by atoms with E-state index in [1.165, 1.54) is 11.3 Å². The topological polar surface area (TPSA) is 86.5 Å². The number of aromatic nitrogens is 1. The van der Waals surface area contributed by atoms with Crippen molar-refractivity contribution in [1.82, 2.24) is 10.3 Å². The molecule has 2 heterocycles. The van der Waals surface area contributed by atoms with E-state index >= 15 is 0 Å². The van der Waals surface area contributed by atoms with Crippen LogP contribution in [-0.4, -0.2) is 42.9 Å². The number of amides is 1. The molecule has 1 saturated heterocycles. The van der Waals surface area contributed by atoms with Crippen molar-refractivity contribution in [3.63, 3.8) is 0 Å². The molecular weight excluding hydrogens is 290 g/mol. The maximum absolute atomic E-state index is 12.3. The van der Waals surface area contributed by atoms with Crippen LogP contribution in [0.2, 0.25) is 0 Å². The number of carbonyl (C=O) groups is 1. The monoisotopic (exact) mass is 307 g/mol. The molecule has 0 bridgehead atoms. The first-order valence-electron chi connectivity index (χ1n) is 6.83. The Labute approximate surface area is 126 Å². The van der Waals surface area contributed by atoms with E-state index in [-0.39, 0.29) is 18.1 Å². The van der Waals surface area contributed by atoms with Crippen molar-refractivity contribution < 1.29 is 14.3 Å². The van der Waals surface area contributed by atoms with Gasteiger partial charge in [-0.05, 0) is 25.1 Å². The molecule has 0 radical (unpaired) electrons. The number of anilines is 1. The van der Waals surface area contributed by atoms with E-state index < -0.39 is 0 Å². The van der Waals surface area contributed by atoms with E-state index in [4.69, 9.17) is 15.2 Å². The van der Waals surface area contributed by atoms with E-state index in [9.17, 15) is 4.79 Å². The van der Waals surface area contributed by atoms with Gasteiger partial charge in [-0.2, -0.15) is 0 Å². The number of thiazole rings is 1. The van der Waals surface area contributed by atoms with E-state index in [1.807, 2.05) is 13.0 Å². The lowest BCUT2D eigenvalue weighted by Gasteiger charge is -2.18. The summed E-state index contributed by atoms with van der Waals surface area (Å²) in [5.41, 5.74) is 6.98. The van der Waals surface area contributed by atoms with Crippen molar-refractivity contribution in [2.24, 2.45) is 0 Å². The average molecular weight is 307 g/mol. The van der Waals surface area contributed by atoms with Crippen LogP contribution in [0, 0.1) is 0 Å². The molecule has 6 nitrogen and oxygen atoms in total. The molecule has 1 aromatic heterocycles. The second kappa shape index (κ2) is 5.97. The molecule has 3 rings (SSSR count). The summed E-state index contributed by atoms with van der Waals surface area (Å²) in [6, 6.07) is 5.28. The van der Waals surface area contributed by atoms with Crippen molar-refractivity contribution in [3.05, 3.63) is 23.8 Å². The van der Waals surface area contributed by atoms with Gasteiger partial charge in [0.15, 0.2) is 5.13 Å². The Morgan fingerprint density at radius 3 is 3.24 bits per heavy atom. The third-order valence-corrected chi connectivity index (χ3v) is 4.26. The van der Waals surface area contributed by atoms with Gasteiger partial charge in [0, 0.05) is 12.2 Å². The number of ether oxygens (including phenoxy) is 2. The first-order chi connectivity index (χ1) is 10.2. The lowest BCUT2D eigenvalue weighted by Crippen LogP contribution is -2.43. The zero-order chi connectivity index (χ0) is 14.8. The number of hydrogen-bond acceptors (Lipinski definition) is 6. The van der Waals surface area contributed by atoms with E-state index in [2.05, 4.69) is 10.3 Å². The number of nitrogens with zero attached hydrogens (tertiary/aromatic N) is 1. The number of hydrogen-bond donors (Lipinski definition) is 2. The maximum atomic E-state index is 12.3. The van der Waals surface area contributed by atoms with Gasteiger partial charge in [-0.15, -0.1) is 0 Å². The Balaban J connectivity index is 1.74. The van der Waals surface area contributed by atoms with Crippen LogP contribution >= 0.6 is 11.3 Å². The minimum absolute atomic E-state index is 0.0856. The van der Waals surface area contributed by atoms with Crippen LogP contribution in [0.25, 0.3) is 10.2 Å². The van der Waals surface area contributed by atoms with Crippen molar-refractivity contribution >= 4 is 32.6 Å². The normalized spacial score (nSPS) is 21.8. The van der Waals surface area contributed by atoms with Crippen molar-refractivity contribution in [1.29, 1.82) is 0 Å².